The average Bonchev–Trinajstić information content (AvgIpc) is 3.22. The fraction of sp³-hybridized carbons (Fsp3) is 0.348. The van der Waals surface area contributed by atoms with Crippen molar-refractivity contribution in [1.29, 1.82) is 0 Å². The molecule has 2 heterocycles. The zero-order chi connectivity index (χ0) is 21.8. The number of hydrogen-bond acceptors (Lipinski definition) is 5. The molecule has 0 aromatic heterocycles. The van der Waals surface area contributed by atoms with E-state index >= 15 is 0 Å². The second kappa shape index (κ2) is 9.18. The highest BCUT2D eigenvalue weighted by Crippen LogP contribution is 2.24. The number of nitrogens with one attached hydrogen (secondary N) is 2. The molecule has 3 atom stereocenters. The van der Waals surface area contributed by atoms with Crippen LogP contribution in [-0.4, -0.2) is 61.0 Å². The maximum Gasteiger partial charge on any atom is 0.255 e. The van der Waals surface area contributed by atoms with Gasteiger partial charge in [-0.15, -0.1) is 0 Å². The van der Waals surface area contributed by atoms with Crippen molar-refractivity contribution in [2.24, 2.45) is 0 Å². The minimum Gasteiger partial charge on any atom is -0.496 e. The molecule has 2 fully saturated rings. The lowest BCUT2D eigenvalue weighted by Crippen LogP contribution is -2.62. The lowest BCUT2D eigenvalue weighted by Gasteiger charge is -2.34. The maximum atomic E-state index is 12.9. The third kappa shape index (κ3) is 4.54. The third-order valence-electron chi connectivity index (χ3n) is 5.58. The van der Waals surface area contributed by atoms with Gasteiger partial charge in [0, 0.05) is 12.6 Å². The molecule has 0 radical (unpaired) electrons. The molecule has 2 aromatic rings. The Balaban J connectivity index is 1.35. The van der Waals surface area contributed by atoms with Gasteiger partial charge in [-0.1, -0.05) is 42.5 Å². The monoisotopic (exact) mass is 423 g/mol. The quantitative estimate of drug-likeness (QED) is 0.696. The Morgan fingerprint density at radius 2 is 1.87 bits per heavy atom. The van der Waals surface area contributed by atoms with Crippen LogP contribution in [0.1, 0.15) is 22.3 Å². The van der Waals surface area contributed by atoms with Crippen LogP contribution in [0.2, 0.25) is 0 Å². The first-order chi connectivity index (χ1) is 15.1. The Morgan fingerprint density at radius 3 is 2.65 bits per heavy atom. The van der Waals surface area contributed by atoms with Crippen LogP contribution in [0.15, 0.2) is 54.6 Å². The summed E-state index contributed by atoms with van der Waals surface area (Å²) < 4.78 is 10.9. The van der Waals surface area contributed by atoms with Crippen LogP contribution in [0.25, 0.3) is 0 Å². The van der Waals surface area contributed by atoms with Crippen LogP contribution in [0.4, 0.5) is 0 Å². The van der Waals surface area contributed by atoms with Crippen LogP contribution >= 0.6 is 0 Å². The second-order valence-corrected chi connectivity index (χ2v) is 7.67. The van der Waals surface area contributed by atoms with E-state index in [0.717, 1.165) is 5.56 Å². The normalized spacial score (nSPS) is 22.6. The minimum absolute atomic E-state index is 0.0981. The van der Waals surface area contributed by atoms with Gasteiger partial charge in [-0.2, -0.15) is 0 Å². The molecule has 0 unspecified atom stereocenters. The highest BCUT2D eigenvalue weighted by atomic mass is 16.5. The number of carbonyl (C=O) groups excluding carboxylic acids is 3. The molecule has 0 aliphatic carbocycles. The summed E-state index contributed by atoms with van der Waals surface area (Å²) in [7, 11) is 1.50. The van der Waals surface area contributed by atoms with Gasteiger partial charge in [0.15, 0.2) is 0 Å². The van der Waals surface area contributed by atoms with Crippen LogP contribution in [-0.2, 0) is 20.9 Å². The van der Waals surface area contributed by atoms with Gasteiger partial charge in [-0.05, 0) is 24.1 Å². The molecule has 2 aliphatic heterocycles. The number of para-hydroxylation sites is 1. The molecule has 31 heavy (non-hydrogen) atoms. The molecule has 0 saturated carbocycles. The molecule has 3 amide bonds. The number of piperazine rings is 1. The Bertz CT molecular complexity index is 965. The SMILES string of the molecule is COc1ccccc1C(=O)N[C@H]1C[C@H]2C(=O)N[C@@H](COCc3ccccc3)C(=O)N2C1. The van der Waals surface area contributed by atoms with Gasteiger partial charge >= 0.3 is 0 Å². The number of rotatable bonds is 7. The molecule has 4 rings (SSSR count). The zero-order valence-electron chi connectivity index (χ0n) is 17.2. The van der Waals surface area contributed by atoms with Gasteiger partial charge in [0.2, 0.25) is 11.8 Å². The number of hydrogen-bond donors (Lipinski definition) is 2. The minimum atomic E-state index is -0.726. The van der Waals surface area contributed by atoms with E-state index in [1.54, 1.807) is 29.2 Å². The van der Waals surface area contributed by atoms with Crippen molar-refractivity contribution >= 4 is 17.7 Å². The summed E-state index contributed by atoms with van der Waals surface area (Å²) in [5.41, 5.74) is 1.41. The second-order valence-electron chi connectivity index (χ2n) is 7.67. The molecule has 8 nitrogen and oxygen atoms in total. The molecular weight excluding hydrogens is 398 g/mol. The molecular formula is C23H25N3O5. The van der Waals surface area contributed by atoms with Crippen molar-refractivity contribution in [3.63, 3.8) is 0 Å². The lowest BCUT2D eigenvalue weighted by atomic mass is 10.1. The molecule has 162 valence electrons. The average molecular weight is 423 g/mol. The van der Waals surface area contributed by atoms with Crippen molar-refractivity contribution in [3.8, 4) is 5.75 Å². The number of ether oxygens (including phenoxy) is 2. The van der Waals surface area contributed by atoms with Crippen molar-refractivity contribution in [2.45, 2.75) is 31.2 Å². The maximum absolute atomic E-state index is 12.9. The fourth-order valence-electron chi connectivity index (χ4n) is 4.04. The number of carbonyl (C=O) groups is 3. The fourth-order valence-corrected chi connectivity index (χ4v) is 4.04. The highest BCUT2D eigenvalue weighted by molar-refractivity contribution is 5.99. The Labute approximate surface area is 180 Å². The van der Waals surface area contributed by atoms with Crippen LogP contribution in [0.3, 0.4) is 0 Å². The van der Waals surface area contributed by atoms with Crippen molar-refractivity contribution in [1.82, 2.24) is 15.5 Å². The molecule has 2 aliphatic rings. The van der Waals surface area contributed by atoms with E-state index in [-0.39, 0.29) is 36.9 Å². The van der Waals surface area contributed by atoms with Crippen molar-refractivity contribution in [2.75, 3.05) is 20.3 Å². The first-order valence-electron chi connectivity index (χ1n) is 10.2. The van der Waals surface area contributed by atoms with E-state index in [2.05, 4.69) is 10.6 Å². The van der Waals surface area contributed by atoms with Gasteiger partial charge in [-0.25, -0.2) is 0 Å². The standard InChI is InChI=1S/C23H25N3O5/c1-30-20-10-6-5-9-17(20)21(27)24-16-11-19-22(28)25-18(23(29)26(19)12-16)14-31-13-15-7-3-2-4-8-15/h2-10,16,18-19H,11-14H2,1H3,(H,24,27)(H,25,28)/t16-,18-,19-/m0/s1. The molecule has 0 bridgehead atoms. The molecule has 2 N–H and O–H groups in total. The predicted octanol–water partition coefficient (Wildman–Crippen LogP) is 1.11. The highest BCUT2D eigenvalue weighted by Gasteiger charge is 2.46. The zero-order valence-corrected chi connectivity index (χ0v) is 17.2. The van der Waals surface area contributed by atoms with Gasteiger partial charge in [0.25, 0.3) is 5.91 Å². The van der Waals surface area contributed by atoms with Gasteiger partial charge < -0.3 is 25.0 Å². The Kier molecular flexibility index (Phi) is 6.18. The number of amides is 3. The topological polar surface area (TPSA) is 97.0 Å². The van der Waals surface area contributed by atoms with E-state index in [9.17, 15) is 14.4 Å². The third-order valence-corrected chi connectivity index (χ3v) is 5.58. The van der Waals surface area contributed by atoms with E-state index < -0.39 is 12.1 Å². The number of fused-ring (bicyclic) bond motifs is 1. The largest absolute Gasteiger partial charge is 0.496 e. The lowest BCUT2D eigenvalue weighted by molar-refractivity contribution is -0.148. The van der Waals surface area contributed by atoms with Crippen LogP contribution in [0.5, 0.6) is 5.75 Å². The number of methoxy groups -OCH3 is 1. The molecule has 8 heteroatoms. The van der Waals surface area contributed by atoms with Gasteiger partial charge in [-0.3, -0.25) is 14.4 Å². The Hall–Kier alpha value is -3.39. The molecule has 0 spiro atoms. The smallest absolute Gasteiger partial charge is 0.255 e. The van der Waals surface area contributed by atoms with Crippen molar-refractivity contribution < 1.29 is 23.9 Å². The van der Waals surface area contributed by atoms with Crippen molar-refractivity contribution in [3.05, 3.63) is 65.7 Å². The number of benzene rings is 2. The van der Waals surface area contributed by atoms with Gasteiger partial charge in [0.1, 0.15) is 17.8 Å². The summed E-state index contributed by atoms with van der Waals surface area (Å²) in [5, 5.41) is 5.68. The van der Waals surface area contributed by atoms with Crippen LogP contribution < -0.4 is 15.4 Å². The number of nitrogens with zero attached hydrogens (tertiary/aromatic N) is 1. The Morgan fingerprint density at radius 1 is 1.13 bits per heavy atom. The summed E-state index contributed by atoms with van der Waals surface area (Å²) >= 11 is 0. The van der Waals surface area contributed by atoms with E-state index in [1.165, 1.54) is 7.11 Å². The van der Waals surface area contributed by atoms with Gasteiger partial charge in [0.05, 0.1) is 25.9 Å². The summed E-state index contributed by atoms with van der Waals surface area (Å²) in [4.78, 5) is 39.7. The predicted molar refractivity (Wildman–Crippen MR) is 112 cm³/mol. The van der Waals surface area contributed by atoms with E-state index in [0.29, 0.717) is 24.3 Å². The first kappa shape index (κ1) is 20.9. The summed E-state index contributed by atoms with van der Waals surface area (Å²) in [6, 6.07) is 14.9. The summed E-state index contributed by atoms with van der Waals surface area (Å²) in [6.45, 7) is 0.745. The first-order valence-corrected chi connectivity index (χ1v) is 10.2. The van der Waals surface area contributed by atoms with E-state index in [4.69, 9.17) is 9.47 Å². The van der Waals surface area contributed by atoms with Crippen LogP contribution in [0, 0.1) is 0 Å². The molecule has 2 saturated heterocycles. The van der Waals surface area contributed by atoms with E-state index in [1.807, 2.05) is 30.3 Å². The summed E-state index contributed by atoms with van der Waals surface area (Å²) in [6.07, 6.45) is 0.371. The summed E-state index contributed by atoms with van der Waals surface area (Å²) in [5.74, 6) is -0.230. The molecule has 2 aromatic carbocycles.